The van der Waals surface area contributed by atoms with Crippen molar-refractivity contribution in [2.24, 2.45) is 0 Å². The number of nitrogen functional groups attached to an aromatic ring is 1. The number of amides is 1. The molecule has 2 rings (SSSR count). The van der Waals surface area contributed by atoms with Gasteiger partial charge in [0.15, 0.2) is 0 Å². The van der Waals surface area contributed by atoms with Crippen LogP contribution in [-0.2, 0) is 17.8 Å². The summed E-state index contributed by atoms with van der Waals surface area (Å²) in [7, 11) is 1.76. The maximum Gasteiger partial charge on any atom is 0.228 e. The van der Waals surface area contributed by atoms with Crippen molar-refractivity contribution in [1.82, 2.24) is 15.0 Å². The van der Waals surface area contributed by atoms with Gasteiger partial charge in [-0.3, -0.25) is 9.78 Å². The predicted molar refractivity (Wildman–Crippen MR) is 74.8 cm³/mol. The zero-order chi connectivity index (χ0) is 14.7. The summed E-state index contributed by atoms with van der Waals surface area (Å²) in [5.41, 5.74) is 8.62. The lowest BCUT2D eigenvalue weighted by Gasteiger charge is -2.16. The van der Waals surface area contributed by atoms with Gasteiger partial charge in [0.05, 0.1) is 30.5 Å². The molecule has 0 aromatic carbocycles. The first-order chi connectivity index (χ1) is 9.47. The third-order valence-corrected chi connectivity index (χ3v) is 3.18. The third-order valence-electron chi connectivity index (χ3n) is 3.18. The van der Waals surface area contributed by atoms with Crippen LogP contribution in [0.1, 0.15) is 22.7 Å². The molecule has 0 spiro atoms. The van der Waals surface area contributed by atoms with Crippen molar-refractivity contribution in [3.8, 4) is 0 Å². The van der Waals surface area contributed by atoms with Gasteiger partial charge in [0, 0.05) is 18.3 Å². The number of nitrogens with zero attached hydrogens (tertiary/aromatic N) is 3. The van der Waals surface area contributed by atoms with Crippen LogP contribution in [0.15, 0.2) is 22.9 Å². The van der Waals surface area contributed by atoms with E-state index in [-0.39, 0.29) is 12.3 Å². The van der Waals surface area contributed by atoms with Crippen molar-refractivity contribution in [2.75, 3.05) is 12.8 Å². The third kappa shape index (κ3) is 3.14. The van der Waals surface area contributed by atoms with Gasteiger partial charge in [-0.25, -0.2) is 0 Å². The van der Waals surface area contributed by atoms with Crippen molar-refractivity contribution in [3.63, 3.8) is 0 Å². The van der Waals surface area contributed by atoms with Crippen molar-refractivity contribution in [2.45, 2.75) is 26.8 Å². The number of likely N-dealkylation sites (N-methyl/N-ethyl adjacent to an activating group) is 1. The van der Waals surface area contributed by atoms with Crippen molar-refractivity contribution >= 4 is 11.6 Å². The fraction of sp³-hybridized carbons (Fsp3) is 0.357. The highest BCUT2D eigenvalue weighted by Gasteiger charge is 2.16. The highest BCUT2D eigenvalue weighted by atomic mass is 16.5. The van der Waals surface area contributed by atoms with E-state index in [0.29, 0.717) is 17.9 Å². The smallest absolute Gasteiger partial charge is 0.228 e. The molecule has 0 aliphatic carbocycles. The van der Waals surface area contributed by atoms with E-state index >= 15 is 0 Å². The second-order valence-corrected chi connectivity index (χ2v) is 4.81. The van der Waals surface area contributed by atoms with E-state index in [0.717, 1.165) is 17.0 Å². The average molecular weight is 274 g/mol. The molecule has 2 N–H and O–H groups in total. The predicted octanol–water partition coefficient (Wildman–Crippen LogP) is 1.47. The SMILES string of the molecule is Cc1noc(C)c1CN(C)C(=O)Cc1ccc(N)cn1. The Labute approximate surface area is 117 Å². The summed E-state index contributed by atoms with van der Waals surface area (Å²) in [6, 6.07) is 3.50. The second-order valence-electron chi connectivity index (χ2n) is 4.81. The number of hydrogen-bond acceptors (Lipinski definition) is 5. The first-order valence-electron chi connectivity index (χ1n) is 6.33. The Morgan fingerprint density at radius 2 is 2.15 bits per heavy atom. The number of carbonyl (C=O) groups is 1. The molecule has 0 bridgehead atoms. The number of nitrogens with two attached hydrogens (primary N) is 1. The molecule has 6 heteroatoms. The normalized spacial score (nSPS) is 10.6. The topological polar surface area (TPSA) is 85.2 Å². The Morgan fingerprint density at radius 3 is 2.70 bits per heavy atom. The van der Waals surface area contributed by atoms with Crippen molar-refractivity contribution in [3.05, 3.63) is 41.0 Å². The zero-order valence-electron chi connectivity index (χ0n) is 11.9. The molecule has 0 fully saturated rings. The Hall–Kier alpha value is -2.37. The minimum atomic E-state index is -0.0118. The molecule has 2 aromatic heterocycles. The number of pyridine rings is 1. The van der Waals surface area contributed by atoms with Gasteiger partial charge >= 0.3 is 0 Å². The van der Waals surface area contributed by atoms with Crippen molar-refractivity contribution < 1.29 is 9.32 Å². The number of hydrogen-bond donors (Lipinski definition) is 1. The second kappa shape index (κ2) is 5.73. The fourth-order valence-corrected chi connectivity index (χ4v) is 1.88. The van der Waals surface area contributed by atoms with Crippen LogP contribution in [0.25, 0.3) is 0 Å². The molecule has 2 aromatic rings. The summed E-state index contributed by atoms with van der Waals surface area (Å²) in [6.45, 7) is 4.19. The summed E-state index contributed by atoms with van der Waals surface area (Å²) < 4.78 is 5.09. The molecule has 0 saturated carbocycles. The molecule has 0 unspecified atom stereocenters. The quantitative estimate of drug-likeness (QED) is 0.912. The first kappa shape index (κ1) is 14.0. The van der Waals surface area contributed by atoms with Crippen LogP contribution in [0.5, 0.6) is 0 Å². The van der Waals surface area contributed by atoms with Gasteiger partial charge in [-0.15, -0.1) is 0 Å². The Balaban J connectivity index is 2.00. The maximum absolute atomic E-state index is 12.1. The van der Waals surface area contributed by atoms with Crippen LogP contribution < -0.4 is 5.73 Å². The van der Waals surface area contributed by atoms with Gasteiger partial charge in [0.1, 0.15) is 5.76 Å². The van der Waals surface area contributed by atoms with Gasteiger partial charge in [-0.1, -0.05) is 5.16 Å². The molecule has 0 aliphatic heterocycles. The number of aromatic nitrogens is 2. The standard InChI is InChI=1S/C14H18N4O2/c1-9-13(10(2)20-17-9)8-18(3)14(19)6-12-5-4-11(15)7-16-12/h4-5,7H,6,8,15H2,1-3H3. The Morgan fingerprint density at radius 1 is 1.40 bits per heavy atom. The molecule has 0 radical (unpaired) electrons. The number of carbonyl (C=O) groups excluding carboxylic acids is 1. The molecule has 1 amide bonds. The van der Waals surface area contributed by atoms with E-state index in [9.17, 15) is 4.79 Å². The van der Waals surface area contributed by atoms with Crippen LogP contribution in [0, 0.1) is 13.8 Å². The van der Waals surface area contributed by atoms with E-state index in [2.05, 4.69) is 10.1 Å². The van der Waals surface area contributed by atoms with Crippen LogP contribution in [0.3, 0.4) is 0 Å². The molecular formula is C14H18N4O2. The number of aryl methyl sites for hydroxylation is 2. The zero-order valence-corrected chi connectivity index (χ0v) is 11.9. The fourth-order valence-electron chi connectivity index (χ4n) is 1.88. The summed E-state index contributed by atoms with van der Waals surface area (Å²) in [6.07, 6.45) is 1.80. The summed E-state index contributed by atoms with van der Waals surface area (Å²) in [5, 5.41) is 3.88. The van der Waals surface area contributed by atoms with Gasteiger partial charge < -0.3 is 15.2 Å². The molecule has 2 heterocycles. The van der Waals surface area contributed by atoms with Gasteiger partial charge in [0.2, 0.25) is 5.91 Å². The highest BCUT2D eigenvalue weighted by molar-refractivity contribution is 5.78. The van der Waals surface area contributed by atoms with Crippen LogP contribution in [0.2, 0.25) is 0 Å². The van der Waals surface area contributed by atoms with E-state index in [1.807, 2.05) is 13.8 Å². The maximum atomic E-state index is 12.1. The largest absolute Gasteiger partial charge is 0.397 e. The van der Waals surface area contributed by atoms with Gasteiger partial charge in [0.25, 0.3) is 0 Å². The summed E-state index contributed by atoms with van der Waals surface area (Å²) >= 11 is 0. The molecule has 6 nitrogen and oxygen atoms in total. The van der Waals surface area contributed by atoms with E-state index in [4.69, 9.17) is 10.3 Å². The highest BCUT2D eigenvalue weighted by Crippen LogP contribution is 2.14. The molecular weight excluding hydrogens is 256 g/mol. The van der Waals surface area contributed by atoms with E-state index in [1.165, 1.54) is 0 Å². The summed E-state index contributed by atoms with van der Waals surface area (Å²) in [5.74, 6) is 0.732. The molecule has 0 saturated heterocycles. The lowest BCUT2D eigenvalue weighted by Crippen LogP contribution is -2.28. The lowest BCUT2D eigenvalue weighted by molar-refractivity contribution is -0.129. The molecule has 0 atom stereocenters. The Kier molecular flexibility index (Phi) is 4.02. The van der Waals surface area contributed by atoms with E-state index < -0.39 is 0 Å². The van der Waals surface area contributed by atoms with Gasteiger partial charge in [-0.2, -0.15) is 0 Å². The minimum Gasteiger partial charge on any atom is -0.397 e. The van der Waals surface area contributed by atoms with Gasteiger partial charge in [-0.05, 0) is 26.0 Å². The number of anilines is 1. The first-order valence-corrected chi connectivity index (χ1v) is 6.33. The van der Waals surface area contributed by atoms with E-state index in [1.54, 1.807) is 30.3 Å². The molecule has 0 aliphatic rings. The van der Waals surface area contributed by atoms with Crippen LogP contribution >= 0.6 is 0 Å². The molecule has 20 heavy (non-hydrogen) atoms. The lowest BCUT2D eigenvalue weighted by atomic mass is 10.2. The van der Waals surface area contributed by atoms with Crippen LogP contribution in [0.4, 0.5) is 5.69 Å². The average Bonchev–Trinajstić information content (AvgIpc) is 2.73. The Bertz CT molecular complexity index is 585. The summed E-state index contributed by atoms with van der Waals surface area (Å²) in [4.78, 5) is 17.9. The van der Waals surface area contributed by atoms with Crippen LogP contribution in [-0.4, -0.2) is 28.0 Å². The number of rotatable bonds is 4. The monoisotopic (exact) mass is 274 g/mol. The van der Waals surface area contributed by atoms with Crippen molar-refractivity contribution in [1.29, 1.82) is 0 Å². The molecule has 106 valence electrons. The minimum absolute atomic E-state index is 0.0118.